The van der Waals surface area contributed by atoms with Crippen LogP contribution < -0.4 is 16.2 Å². The van der Waals surface area contributed by atoms with E-state index in [1.807, 2.05) is 13.0 Å². The Labute approximate surface area is 112 Å². The number of halogens is 1. The van der Waals surface area contributed by atoms with Crippen molar-refractivity contribution in [2.75, 3.05) is 6.61 Å². The van der Waals surface area contributed by atoms with Gasteiger partial charge in [-0.1, -0.05) is 18.5 Å². The Balaban J connectivity index is 2.77. The highest BCUT2D eigenvalue weighted by atomic mass is 35.5. The van der Waals surface area contributed by atoms with Gasteiger partial charge in [-0.2, -0.15) is 0 Å². The summed E-state index contributed by atoms with van der Waals surface area (Å²) < 4.78 is 5.60. The molecule has 2 atom stereocenters. The third kappa shape index (κ3) is 4.55. The molecular formula is C13H19ClN2O2. The predicted octanol–water partition coefficient (Wildman–Crippen LogP) is 1.73. The van der Waals surface area contributed by atoms with E-state index in [4.69, 9.17) is 27.8 Å². The van der Waals surface area contributed by atoms with Gasteiger partial charge in [-0.05, 0) is 37.1 Å². The molecule has 100 valence electrons. The Morgan fingerprint density at radius 1 is 1.44 bits per heavy atom. The maximum Gasteiger partial charge on any atom is 0.223 e. The SMILES string of the molecule is CC(N)Cc1cc(Cl)ccc1OCC(C)C(N)=O. The molecule has 18 heavy (non-hydrogen) atoms. The second kappa shape index (κ2) is 6.61. The number of nitrogens with two attached hydrogens (primary N) is 2. The number of amides is 1. The number of carbonyl (C=O) groups excluding carboxylic acids is 1. The summed E-state index contributed by atoms with van der Waals surface area (Å²) >= 11 is 5.94. The van der Waals surface area contributed by atoms with Gasteiger partial charge in [0, 0.05) is 11.1 Å². The van der Waals surface area contributed by atoms with Crippen molar-refractivity contribution in [2.45, 2.75) is 26.3 Å². The molecule has 0 bridgehead atoms. The lowest BCUT2D eigenvalue weighted by Crippen LogP contribution is -2.26. The van der Waals surface area contributed by atoms with Gasteiger partial charge in [0.05, 0.1) is 12.5 Å². The van der Waals surface area contributed by atoms with Crippen LogP contribution in [0.2, 0.25) is 5.02 Å². The van der Waals surface area contributed by atoms with Crippen molar-refractivity contribution in [3.05, 3.63) is 28.8 Å². The smallest absolute Gasteiger partial charge is 0.223 e. The van der Waals surface area contributed by atoms with Crippen LogP contribution in [0.5, 0.6) is 5.75 Å². The fraction of sp³-hybridized carbons (Fsp3) is 0.462. The molecular weight excluding hydrogens is 252 g/mol. The lowest BCUT2D eigenvalue weighted by atomic mass is 10.1. The molecule has 0 spiro atoms. The van der Waals surface area contributed by atoms with Crippen LogP contribution in [-0.4, -0.2) is 18.6 Å². The first-order valence-electron chi connectivity index (χ1n) is 5.86. The number of rotatable bonds is 6. The first-order chi connectivity index (χ1) is 8.40. The van der Waals surface area contributed by atoms with Crippen LogP contribution in [0, 0.1) is 5.92 Å². The fourth-order valence-corrected chi connectivity index (χ4v) is 1.69. The minimum absolute atomic E-state index is 0.0133. The van der Waals surface area contributed by atoms with Gasteiger partial charge < -0.3 is 16.2 Å². The number of hydrogen-bond donors (Lipinski definition) is 2. The first-order valence-corrected chi connectivity index (χ1v) is 6.24. The van der Waals surface area contributed by atoms with Gasteiger partial charge >= 0.3 is 0 Å². The molecule has 2 unspecified atom stereocenters. The third-order valence-electron chi connectivity index (χ3n) is 2.54. The number of benzene rings is 1. The van der Waals surface area contributed by atoms with Crippen molar-refractivity contribution >= 4 is 17.5 Å². The van der Waals surface area contributed by atoms with Gasteiger partial charge in [-0.15, -0.1) is 0 Å². The van der Waals surface area contributed by atoms with E-state index in [1.165, 1.54) is 0 Å². The maximum absolute atomic E-state index is 10.9. The van der Waals surface area contributed by atoms with E-state index in [-0.39, 0.29) is 24.5 Å². The quantitative estimate of drug-likeness (QED) is 0.826. The van der Waals surface area contributed by atoms with Gasteiger partial charge in [0.25, 0.3) is 0 Å². The molecule has 5 heteroatoms. The number of hydrogen-bond acceptors (Lipinski definition) is 3. The summed E-state index contributed by atoms with van der Waals surface area (Å²) in [6, 6.07) is 5.37. The zero-order chi connectivity index (χ0) is 13.7. The van der Waals surface area contributed by atoms with Crippen LogP contribution in [-0.2, 0) is 11.2 Å². The molecule has 1 rings (SSSR count). The predicted molar refractivity (Wildman–Crippen MR) is 72.7 cm³/mol. The van der Waals surface area contributed by atoms with E-state index in [0.717, 1.165) is 5.56 Å². The monoisotopic (exact) mass is 270 g/mol. The van der Waals surface area contributed by atoms with E-state index in [1.54, 1.807) is 19.1 Å². The molecule has 0 saturated heterocycles. The summed E-state index contributed by atoms with van der Waals surface area (Å²) in [5.41, 5.74) is 11.9. The highest BCUT2D eigenvalue weighted by Gasteiger charge is 2.12. The Morgan fingerprint density at radius 3 is 2.67 bits per heavy atom. The number of ether oxygens (including phenoxy) is 1. The van der Waals surface area contributed by atoms with E-state index in [2.05, 4.69) is 0 Å². The topological polar surface area (TPSA) is 78.3 Å². The summed E-state index contributed by atoms with van der Waals surface area (Å²) in [6.07, 6.45) is 0.668. The fourth-order valence-electron chi connectivity index (χ4n) is 1.49. The lowest BCUT2D eigenvalue weighted by Gasteiger charge is -2.15. The molecule has 0 heterocycles. The number of carbonyl (C=O) groups is 1. The van der Waals surface area contributed by atoms with Crippen LogP contribution in [0.3, 0.4) is 0 Å². The second-order valence-corrected chi connectivity index (χ2v) is 4.98. The Hall–Kier alpha value is -1.26. The summed E-state index contributed by atoms with van der Waals surface area (Å²) in [5.74, 6) is -0.00802. The van der Waals surface area contributed by atoms with Gasteiger partial charge in [0.2, 0.25) is 5.91 Å². The molecule has 0 fully saturated rings. The average molecular weight is 271 g/mol. The van der Waals surface area contributed by atoms with Crippen molar-refractivity contribution in [2.24, 2.45) is 17.4 Å². The Bertz CT molecular complexity index is 421. The molecule has 4 nitrogen and oxygen atoms in total. The minimum atomic E-state index is -0.377. The van der Waals surface area contributed by atoms with Crippen LogP contribution in [0.1, 0.15) is 19.4 Å². The molecule has 1 aromatic carbocycles. The van der Waals surface area contributed by atoms with Crippen molar-refractivity contribution < 1.29 is 9.53 Å². The third-order valence-corrected chi connectivity index (χ3v) is 2.77. The molecule has 0 aliphatic heterocycles. The van der Waals surface area contributed by atoms with Crippen molar-refractivity contribution in [1.29, 1.82) is 0 Å². The van der Waals surface area contributed by atoms with Crippen molar-refractivity contribution in [1.82, 2.24) is 0 Å². The molecule has 0 saturated carbocycles. The Kier molecular flexibility index (Phi) is 5.44. The highest BCUT2D eigenvalue weighted by molar-refractivity contribution is 6.30. The Morgan fingerprint density at radius 2 is 2.11 bits per heavy atom. The molecule has 0 aromatic heterocycles. The van der Waals surface area contributed by atoms with Crippen LogP contribution in [0.4, 0.5) is 0 Å². The largest absolute Gasteiger partial charge is 0.492 e. The van der Waals surface area contributed by atoms with E-state index < -0.39 is 0 Å². The molecule has 0 aliphatic rings. The van der Waals surface area contributed by atoms with E-state index in [9.17, 15) is 4.79 Å². The van der Waals surface area contributed by atoms with Gasteiger partial charge in [-0.3, -0.25) is 4.79 Å². The van der Waals surface area contributed by atoms with Crippen molar-refractivity contribution in [3.63, 3.8) is 0 Å². The first kappa shape index (κ1) is 14.8. The zero-order valence-corrected chi connectivity index (χ0v) is 11.4. The van der Waals surface area contributed by atoms with E-state index >= 15 is 0 Å². The van der Waals surface area contributed by atoms with Gasteiger partial charge in [-0.25, -0.2) is 0 Å². The second-order valence-electron chi connectivity index (χ2n) is 4.55. The summed E-state index contributed by atoms with van der Waals surface area (Å²) in [5, 5.41) is 0.640. The normalized spacial score (nSPS) is 14.0. The summed E-state index contributed by atoms with van der Waals surface area (Å²) in [6.45, 7) is 3.89. The summed E-state index contributed by atoms with van der Waals surface area (Å²) in [4.78, 5) is 10.9. The maximum atomic E-state index is 10.9. The van der Waals surface area contributed by atoms with Crippen molar-refractivity contribution in [3.8, 4) is 5.75 Å². The lowest BCUT2D eigenvalue weighted by molar-refractivity contribution is -0.122. The van der Waals surface area contributed by atoms with E-state index in [0.29, 0.717) is 17.2 Å². The molecule has 4 N–H and O–H groups in total. The standard InChI is InChI=1S/C13H19ClN2O2/c1-8(13(16)17)7-18-12-4-3-11(14)6-10(12)5-9(2)15/h3-4,6,8-9H,5,7,15H2,1-2H3,(H2,16,17). The molecule has 0 aliphatic carbocycles. The van der Waals surface area contributed by atoms with Crippen LogP contribution >= 0.6 is 11.6 Å². The highest BCUT2D eigenvalue weighted by Crippen LogP contribution is 2.24. The zero-order valence-electron chi connectivity index (χ0n) is 10.7. The minimum Gasteiger partial charge on any atom is -0.492 e. The van der Waals surface area contributed by atoms with Crippen LogP contribution in [0.25, 0.3) is 0 Å². The average Bonchev–Trinajstić information content (AvgIpc) is 2.26. The molecule has 0 radical (unpaired) electrons. The molecule has 1 aromatic rings. The number of primary amides is 1. The van der Waals surface area contributed by atoms with Crippen LogP contribution in [0.15, 0.2) is 18.2 Å². The van der Waals surface area contributed by atoms with Gasteiger partial charge in [0.1, 0.15) is 5.75 Å². The summed E-state index contributed by atoms with van der Waals surface area (Å²) in [7, 11) is 0. The van der Waals surface area contributed by atoms with Gasteiger partial charge in [0.15, 0.2) is 0 Å². The molecule has 1 amide bonds.